The third-order valence-corrected chi connectivity index (χ3v) is 4.98. The van der Waals surface area contributed by atoms with Crippen molar-refractivity contribution in [3.05, 3.63) is 23.5 Å². The Bertz CT molecular complexity index is 240. The van der Waals surface area contributed by atoms with E-state index in [0.29, 0.717) is 0 Å². The van der Waals surface area contributed by atoms with E-state index in [4.69, 9.17) is 13.3 Å². The first-order valence-corrected chi connectivity index (χ1v) is 6.14. The second kappa shape index (κ2) is 4.74. The molecule has 0 amide bonds. The molecular formula is C9H17NO3Si. The Morgan fingerprint density at radius 2 is 1.79 bits per heavy atom. The Labute approximate surface area is 86.1 Å². The molecule has 80 valence electrons. The fourth-order valence-electron chi connectivity index (χ4n) is 1.52. The molecule has 14 heavy (non-hydrogen) atoms. The summed E-state index contributed by atoms with van der Waals surface area (Å²) < 4.78 is 16.2. The topological polar surface area (TPSA) is 30.9 Å². The van der Waals surface area contributed by atoms with Gasteiger partial charge >= 0.3 is 8.80 Å². The van der Waals surface area contributed by atoms with Crippen LogP contribution in [0.1, 0.15) is 0 Å². The van der Waals surface area contributed by atoms with Crippen LogP contribution in [0.4, 0.5) is 0 Å². The molecule has 0 N–H and O–H groups in total. The van der Waals surface area contributed by atoms with Gasteiger partial charge < -0.3 is 18.2 Å². The molecule has 0 aliphatic carbocycles. The van der Waals surface area contributed by atoms with Gasteiger partial charge in [0.05, 0.1) is 0 Å². The van der Waals surface area contributed by atoms with Gasteiger partial charge in [0, 0.05) is 40.1 Å². The van der Waals surface area contributed by atoms with Gasteiger partial charge in [-0.2, -0.15) is 0 Å². The molecule has 0 radical (unpaired) electrons. The van der Waals surface area contributed by atoms with Crippen molar-refractivity contribution < 1.29 is 13.3 Å². The first kappa shape index (κ1) is 11.5. The summed E-state index contributed by atoms with van der Waals surface area (Å²) in [5, 5.41) is 1.08. The molecule has 0 spiro atoms. The standard InChI is InChI=1S/C9H17NO3Si/c1-10-7-5-6-9(8-10)14(11-2,12-3)13-4/h5-7H,8H2,1-4H3. The van der Waals surface area contributed by atoms with Gasteiger partial charge in [-0.1, -0.05) is 6.08 Å². The van der Waals surface area contributed by atoms with Gasteiger partial charge in [-0.05, 0) is 12.3 Å². The first-order valence-electron chi connectivity index (χ1n) is 4.42. The van der Waals surface area contributed by atoms with Crippen molar-refractivity contribution in [1.29, 1.82) is 0 Å². The van der Waals surface area contributed by atoms with Crippen LogP contribution in [0.15, 0.2) is 23.5 Å². The molecule has 0 aromatic carbocycles. The minimum absolute atomic E-state index is 0.790. The van der Waals surface area contributed by atoms with Crippen molar-refractivity contribution in [2.24, 2.45) is 0 Å². The van der Waals surface area contributed by atoms with Crippen LogP contribution < -0.4 is 0 Å². The van der Waals surface area contributed by atoms with Crippen molar-refractivity contribution in [3.8, 4) is 0 Å². The summed E-state index contributed by atoms with van der Waals surface area (Å²) in [5.74, 6) is 0. The van der Waals surface area contributed by atoms with Crippen molar-refractivity contribution >= 4 is 8.80 Å². The van der Waals surface area contributed by atoms with Crippen molar-refractivity contribution in [2.75, 3.05) is 34.9 Å². The molecule has 0 unspecified atom stereocenters. The third kappa shape index (κ3) is 2.06. The second-order valence-corrected chi connectivity index (χ2v) is 6.10. The van der Waals surface area contributed by atoms with E-state index in [1.807, 2.05) is 25.4 Å². The number of nitrogens with zero attached hydrogens (tertiary/aromatic N) is 1. The van der Waals surface area contributed by atoms with Gasteiger partial charge in [-0.25, -0.2) is 0 Å². The van der Waals surface area contributed by atoms with E-state index < -0.39 is 8.80 Å². The maximum Gasteiger partial charge on any atom is 0.534 e. The van der Waals surface area contributed by atoms with E-state index in [9.17, 15) is 0 Å². The molecule has 5 heteroatoms. The highest BCUT2D eigenvalue weighted by molar-refractivity contribution is 6.68. The van der Waals surface area contributed by atoms with Crippen molar-refractivity contribution in [3.63, 3.8) is 0 Å². The molecular weight excluding hydrogens is 198 g/mol. The predicted molar refractivity (Wildman–Crippen MR) is 56.6 cm³/mol. The van der Waals surface area contributed by atoms with Gasteiger partial charge in [-0.3, -0.25) is 0 Å². The summed E-state index contributed by atoms with van der Waals surface area (Å²) in [7, 11) is 4.28. The first-order chi connectivity index (χ1) is 6.68. The summed E-state index contributed by atoms with van der Waals surface area (Å²) in [6.07, 6.45) is 5.98. The van der Waals surface area contributed by atoms with Crippen molar-refractivity contribution in [2.45, 2.75) is 0 Å². The summed E-state index contributed by atoms with van der Waals surface area (Å²) in [4.78, 5) is 2.06. The largest absolute Gasteiger partial charge is 0.534 e. The molecule has 0 atom stereocenters. The normalized spacial score (nSPS) is 17.1. The number of rotatable bonds is 4. The van der Waals surface area contributed by atoms with E-state index in [-0.39, 0.29) is 0 Å². The lowest BCUT2D eigenvalue weighted by molar-refractivity contribution is 0.132. The highest BCUT2D eigenvalue weighted by Gasteiger charge is 2.43. The maximum absolute atomic E-state index is 5.39. The fraction of sp³-hybridized carbons (Fsp3) is 0.556. The van der Waals surface area contributed by atoms with Crippen LogP contribution in [0.2, 0.25) is 0 Å². The van der Waals surface area contributed by atoms with Gasteiger partial charge in [-0.15, -0.1) is 0 Å². The molecule has 4 nitrogen and oxygen atoms in total. The zero-order chi connectivity index (χ0) is 10.6. The zero-order valence-electron chi connectivity index (χ0n) is 9.11. The summed E-state index contributed by atoms with van der Waals surface area (Å²) in [6.45, 7) is 0.790. The maximum atomic E-state index is 5.39. The van der Waals surface area contributed by atoms with Crippen LogP contribution >= 0.6 is 0 Å². The smallest absolute Gasteiger partial charge is 0.377 e. The average molecular weight is 215 g/mol. The van der Waals surface area contributed by atoms with Crippen LogP contribution in [-0.2, 0) is 13.3 Å². The van der Waals surface area contributed by atoms with Gasteiger partial charge in [0.2, 0.25) is 0 Å². The van der Waals surface area contributed by atoms with E-state index in [2.05, 4.69) is 4.90 Å². The number of hydrogen-bond donors (Lipinski definition) is 0. The molecule has 1 aliphatic rings. The number of allylic oxidation sites excluding steroid dienone is 2. The Hall–Kier alpha value is -0.623. The third-order valence-electron chi connectivity index (χ3n) is 2.26. The zero-order valence-corrected chi connectivity index (χ0v) is 10.1. The number of hydrogen-bond acceptors (Lipinski definition) is 4. The fourth-order valence-corrected chi connectivity index (χ4v) is 3.55. The van der Waals surface area contributed by atoms with E-state index >= 15 is 0 Å². The van der Waals surface area contributed by atoms with E-state index in [1.54, 1.807) is 21.3 Å². The lowest BCUT2D eigenvalue weighted by Crippen LogP contribution is -2.48. The summed E-state index contributed by atoms with van der Waals surface area (Å²) in [6, 6.07) is 0. The Balaban J connectivity index is 2.88. The molecule has 1 aliphatic heterocycles. The molecule has 0 aromatic rings. The predicted octanol–water partition coefficient (Wildman–Crippen LogP) is 0.789. The Morgan fingerprint density at radius 3 is 2.21 bits per heavy atom. The van der Waals surface area contributed by atoms with Gasteiger partial charge in [0.1, 0.15) is 0 Å². The van der Waals surface area contributed by atoms with Crippen molar-refractivity contribution in [1.82, 2.24) is 4.90 Å². The van der Waals surface area contributed by atoms with Crippen LogP contribution in [-0.4, -0.2) is 48.6 Å². The lowest BCUT2D eigenvalue weighted by Gasteiger charge is -2.30. The highest BCUT2D eigenvalue weighted by Crippen LogP contribution is 2.20. The Kier molecular flexibility index (Phi) is 3.88. The molecule has 0 fully saturated rings. The van der Waals surface area contributed by atoms with Gasteiger partial charge in [0.25, 0.3) is 0 Å². The molecule has 0 saturated carbocycles. The molecule has 1 heterocycles. The lowest BCUT2D eigenvalue weighted by atomic mass is 10.4. The highest BCUT2D eigenvalue weighted by atomic mass is 28.4. The quantitative estimate of drug-likeness (QED) is 0.649. The molecule has 0 saturated heterocycles. The van der Waals surface area contributed by atoms with Crippen LogP contribution in [0.3, 0.4) is 0 Å². The molecule has 0 aromatic heterocycles. The SMILES string of the molecule is CO[Si](OC)(OC)C1=CC=CN(C)C1. The van der Waals surface area contributed by atoms with E-state index in [0.717, 1.165) is 11.7 Å². The minimum atomic E-state index is -2.59. The molecule has 0 bridgehead atoms. The summed E-state index contributed by atoms with van der Waals surface area (Å²) in [5.41, 5.74) is 0. The van der Waals surface area contributed by atoms with Crippen LogP contribution in [0.25, 0.3) is 0 Å². The van der Waals surface area contributed by atoms with Gasteiger partial charge in [0.15, 0.2) is 0 Å². The average Bonchev–Trinajstić information content (AvgIpc) is 2.22. The Morgan fingerprint density at radius 1 is 1.21 bits per heavy atom. The number of likely N-dealkylation sites (N-methyl/N-ethyl adjacent to an activating group) is 1. The van der Waals surface area contributed by atoms with Crippen LogP contribution in [0, 0.1) is 0 Å². The van der Waals surface area contributed by atoms with E-state index in [1.165, 1.54) is 0 Å². The molecule has 1 rings (SSSR count). The minimum Gasteiger partial charge on any atom is -0.377 e. The second-order valence-electron chi connectivity index (χ2n) is 3.12. The summed E-state index contributed by atoms with van der Waals surface area (Å²) >= 11 is 0. The van der Waals surface area contributed by atoms with Crippen LogP contribution in [0.5, 0.6) is 0 Å². The monoisotopic (exact) mass is 215 g/mol.